The van der Waals surface area contributed by atoms with Crippen LogP contribution in [0.2, 0.25) is 0 Å². The van der Waals surface area contributed by atoms with Crippen molar-refractivity contribution in [2.24, 2.45) is 0 Å². The zero-order valence-corrected chi connectivity index (χ0v) is 9.43. The van der Waals surface area contributed by atoms with Crippen LogP contribution in [0.5, 0.6) is 5.75 Å². The molecule has 2 N–H and O–H groups in total. The number of benzene rings is 1. The van der Waals surface area contributed by atoms with Crippen molar-refractivity contribution < 1.29 is 9.53 Å². The van der Waals surface area contributed by atoms with Crippen LogP contribution in [-0.2, 0) is 4.79 Å². The van der Waals surface area contributed by atoms with Crippen LogP contribution in [0, 0.1) is 5.41 Å². The number of carbonyl (C=O) groups excluding carboxylic acids is 1. The summed E-state index contributed by atoms with van der Waals surface area (Å²) in [5, 5.41) is 9.91. The predicted octanol–water partition coefficient (Wildman–Crippen LogP) is 1.83. The molecular formula is C11H10N2O2S. The fraction of sp³-hybridized carbons (Fsp3) is 0.0909. The third-order valence-corrected chi connectivity index (χ3v) is 2.88. The van der Waals surface area contributed by atoms with Gasteiger partial charge in [-0.3, -0.25) is 10.2 Å². The molecule has 82 valence electrons. The van der Waals surface area contributed by atoms with Gasteiger partial charge in [-0.05, 0) is 35.5 Å². The normalized spacial score (nSPS) is 17.7. The Kier molecular flexibility index (Phi) is 2.96. The Morgan fingerprint density at radius 1 is 1.50 bits per heavy atom. The molecule has 1 heterocycles. The largest absolute Gasteiger partial charge is 0.497 e. The summed E-state index contributed by atoms with van der Waals surface area (Å²) >= 11 is 1.12. The maximum atomic E-state index is 11.4. The lowest BCUT2D eigenvalue weighted by molar-refractivity contribution is -0.115. The summed E-state index contributed by atoms with van der Waals surface area (Å²) in [4.78, 5) is 11.9. The number of hydrogen-bond donors (Lipinski definition) is 2. The Balaban J connectivity index is 2.28. The van der Waals surface area contributed by atoms with E-state index >= 15 is 0 Å². The number of amidine groups is 1. The fourth-order valence-corrected chi connectivity index (χ4v) is 2.03. The summed E-state index contributed by atoms with van der Waals surface area (Å²) < 4.78 is 5.09. The number of carbonyl (C=O) groups is 1. The van der Waals surface area contributed by atoms with Gasteiger partial charge >= 0.3 is 0 Å². The van der Waals surface area contributed by atoms with Gasteiger partial charge in [0.25, 0.3) is 5.91 Å². The Morgan fingerprint density at radius 2 is 2.31 bits per heavy atom. The SMILES string of the molecule is COc1cccc(C=C2SC(=N)NC2=O)c1. The molecular weight excluding hydrogens is 224 g/mol. The standard InChI is InChI=1S/C11H10N2O2S/c1-15-8-4-2-3-7(5-8)6-9-10(14)13-11(12)16-9/h2-6H,1H3,(H2,12,13,14). The van der Waals surface area contributed by atoms with Crippen molar-refractivity contribution in [3.05, 3.63) is 34.7 Å². The predicted molar refractivity (Wildman–Crippen MR) is 64.4 cm³/mol. The number of ether oxygens (including phenoxy) is 1. The van der Waals surface area contributed by atoms with E-state index in [0.717, 1.165) is 23.1 Å². The summed E-state index contributed by atoms with van der Waals surface area (Å²) in [6, 6.07) is 7.41. The molecule has 1 amide bonds. The van der Waals surface area contributed by atoms with Gasteiger partial charge in [-0.2, -0.15) is 0 Å². The Labute approximate surface area is 97.2 Å². The molecule has 1 aromatic rings. The molecule has 0 aliphatic carbocycles. The summed E-state index contributed by atoms with van der Waals surface area (Å²) in [7, 11) is 1.60. The van der Waals surface area contributed by atoms with Gasteiger partial charge in [0, 0.05) is 0 Å². The molecule has 0 unspecified atom stereocenters. The number of nitrogens with one attached hydrogen (secondary N) is 2. The van der Waals surface area contributed by atoms with Crippen LogP contribution in [0.3, 0.4) is 0 Å². The first-order valence-corrected chi connectivity index (χ1v) is 5.44. The van der Waals surface area contributed by atoms with Gasteiger partial charge in [0.15, 0.2) is 5.17 Å². The zero-order valence-electron chi connectivity index (χ0n) is 8.61. The smallest absolute Gasteiger partial charge is 0.264 e. The number of amides is 1. The minimum Gasteiger partial charge on any atom is -0.497 e. The van der Waals surface area contributed by atoms with Crippen molar-refractivity contribution in [1.82, 2.24) is 5.32 Å². The number of thioether (sulfide) groups is 1. The van der Waals surface area contributed by atoms with Gasteiger partial charge in [0.2, 0.25) is 0 Å². The summed E-state index contributed by atoms with van der Waals surface area (Å²) in [6.45, 7) is 0. The minimum absolute atomic E-state index is 0.166. The van der Waals surface area contributed by atoms with E-state index in [2.05, 4.69) is 5.32 Å². The lowest BCUT2D eigenvalue weighted by atomic mass is 10.2. The van der Waals surface area contributed by atoms with Gasteiger partial charge < -0.3 is 10.1 Å². The van der Waals surface area contributed by atoms with Crippen molar-refractivity contribution >= 4 is 28.9 Å². The van der Waals surface area contributed by atoms with Gasteiger partial charge in [0.05, 0.1) is 12.0 Å². The maximum absolute atomic E-state index is 11.4. The first-order valence-electron chi connectivity index (χ1n) is 4.62. The van der Waals surface area contributed by atoms with E-state index in [-0.39, 0.29) is 11.1 Å². The van der Waals surface area contributed by atoms with E-state index < -0.39 is 0 Å². The van der Waals surface area contributed by atoms with E-state index in [9.17, 15) is 4.79 Å². The third kappa shape index (κ3) is 2.25. The van der Waals surface area contributed by atoms with Crippen LogP contribution in [0.1, 0.15) is 5.56 Å². The topological polar surface area (TPSA) is 62.2 Å². The van der Waals surface area contributed by atoms with Crippen molar-refractivity contribution in [2.45, 2.75) is 0 Å². The molecule has 1 aromatic carbocycles. The van der Waals surface area contributed by atoms with Crippen LogP contribution in [-0.4, -0.2) is 18.2 Å². The molecule has 0 aromatic heterocycles. The molecule has 4 nitrogen and oxygen atoms in total. The molecule has 0 saturated carbocycles. The lowest BCUT2D eigenvalue weighted by Gasteiger charge is -2.00. The van der Waals surface area contributed by atoms with E-state index in [0.29, 0.717) is 4.91 Å². The molecule has 2 rings (SSSR count). The van der Waals surface area contributed by atoms with E-state index in [4.69, 9.17) is 10.1 Å². The fourth-order valence-electron chi connectivity index (χ4n) is 1.32. The number of methoxy groups -OCH3 is 1. The van der Waals surface area contributed by atoms with Crippen molar-refractivity contribution in [2.75, 3.05) is 7.11 Å². The van der Waals surface area contributed by atoms with Gasteiger partial charge in [0.1, 0.15) is 5.75 Å². The highest BCUT2D eigenvalue weighted by atomic mass is 32.2. The first kappa shape index (κ1) is 10.8. The van der Waals surface area contributed by atoms with E-state index in [1.54, 1.807) is 13.2 Å². The van der Waals surface area contributed by atoms with Gasteiger partial charge in [-0.25, -0.2) is 0 Å². The molecule has 0 radical (unpaired) electrons. The second kappa shape index (κ2) is 4.40. The van der Waals surface area contributed by atoms with Crippen molar-refractivity contribution in [3.63, 3.8) is 0 Å². The molecule has 16 heavy (non-hydrogen) atoms. The summed E-state index contributed by atoms with van der Waals surface area (Å²) in [5.41, 5.74) is 0.881. The minimum atomic E-state index is -0.224. The molecule has 1 saturated heterocycles. The lowest BCUT2D eigenvalue weighted by Crippen LogP contribution is -2.18. The highest BCUT2D eigenvalue weighted by molar-refractivity contribution is 8.18. The Hall–Kier alpha value is -1.75. The van der Waals surface area contributed by atoms with Gasteiger partial charge in [-0.15, -0.1) is 0 Å². The van der Waals surface area contributed by atoms with Crippen LogP contribution in [0.25, 0.3) is 6.08 Å². The molecule has 1 aliphatic rings. The quantitative estimate of drug-likeness (QED) is 0.767. The van der Waals surface area contributed by atoms with Crippen LogP contribution >= 0.6 is 11.8 Å². The number of rotatable bonds is 2. The molecule has 1 fully saturated rings. The van der Waals surface area contributed by atoms with Crippen LogP contribution < -0.4 is 10.1 Å². The zero-order chi connectivity index (χ0) is 11.5. The Bertz CT molecular complexity index is 483. The Morgan fingerprint density at radius 3 is 2.94 bits per heavy atom. The summed E-state index contributed by atoms with van der Waals surface area (Å²) in [6.07, 6.45) is 1.74. The maximum Gasteiger partial charge on any atom is 0.264 e. The van der Waals surface area contributed by atoms with Gasteiger partial charge in [-0.1, -0.05) is 12.1 Å². The average molecular weight is 234 g/mol. The van der Waals surface area contributed by atoms with E-state index in [1.165, 1.54) is 0 Å². The monoisotopic (exact) mass is 234 g/mol. The molecule has 0 bridgehead atoms. The highest BCUT2D eigenvalue weighted by Gasteiger charge is 2.21. The highest BCUT2D eigenvalue weighted by Crippen LogP contribution is 2.25. The molecule has 1 aliphatic heterocycles. The first-order chi connectivity index (χ1) is 7.69. The molecule has 0 atom stereocenters. The van der Waals surface area contributed by atoms with Crippen molar-refractivity contribution in [1.29, 1.82) is 5.41 Å². The second-order valence-electron chi connectivity index (χ2n) is 3.17. The molecule has 0 spiro atoms. The third-order valence-electron chi connectivity index (χ3n) is 2.05. The van der Waals surface area contributed by atoms with Crippen LogP contribution in [0.15, 0.2) is 29.2 Å². The van der Waals surface area contributed by atoms with Crippen LogP contribution in [0.4, 0.5) is 0 Å². The van der Waals surface area contributed by atoms with E-state index in [1.807, 2.05) is 24.3 Å². The molecule has 5 heteroatoms. The van der Waals surface area contributed by atoms with Crippen molar-refractivity contribution in [3.8, 4) is 5.75 Å². The average Bonchev–Trinajstić information content (AvgIpc) is 2.58. The second-order valence-corrected chi connectivity index (χ2v) is 4.22. The summed E-state index contributed by atoms with van der Waals surface area (Å²) in [5.74, 6) is 0.519. The number of hydrogen-bond acceptors (Lipinski definition) is 4.